The number of hydrogen-bond donors (Lipinski definition) is 1. The Morgan fingerprint density at radius 3 is 1.76 bits per heavy atom. The molecule has 1 aromatic rings. The fourth-order valence-electron chi connectivity index (χ4n) is 0.534. The largest absolute Gasteiger partial charge is 0.395 e. The first-order valence-corrected chi connectivity index (χ1v) is 7.16. The van der Waals surface area contributed by atoms with E-state index < -0.39 is 10.1 Å². The molecule has 0 amide bonds. The van der Waals surface area contributed by atoms with Crippen LogP contribution in [0.3, 0.4) is 0 Å². The molecule has 1 aromatic carbocycles. The van der Waals surface area contributed by atoms with E-state index in [0.29, 0.717) is 5.88 Å². The smallest absolute Gasteiger partial charge is 0.264 e. The van der Waals surface area contributed by atoms with Crippen LogP contribution in [0.15, 0.2) is 30.3 Å². The predicted octanol–water partition coefficient (Wildman–Crippen LogP) is 1.80. The molecule has 0 fully saturated rings. The zero-order valence-electron chi connectivity index (χ0n) is 10.3. The second kappa shape index (κ2) is 11.9. The van der Waals surface area contributed by atoms with E-state index in [9.17, 15) is 8.42 Å². The standard InChI is InChI=1S/C7H8.C2H5ClO.C2H6O3S/c1-7-5-3-2-4-6-7;3-1-2-4;1-5-6(2,3)4/h2-6H,1H3;4H,1-2H2;1-2H3. The molecule has 1 N–H and O–H groups in total. The van der Waals surface area contributed by atoms with Crippen molar-refractivity contribution in [1.82, 2.24) is 0 Å². The molecule has 0 aliphatic carbocycles. The van der Waals surface area contributed by atoms with E-state index >= 15 is 0 Å². The number of alkyl halides is 1. The van der Waals surface area contributed by atoms with Crippen molar-refractivity contribution >= 4 is 21.7 Å². The van der Waals surface area contributed by atoms with Gasteiger partial charge in [-0.25, -0.2) is 0 Å². The molecule has 0 heterocycles. The van der Waals surface area contributed by atoms with Gasteiger partial charge in [-0.1, -0.05) is 35.9 Å². The van der Waals surface area contributed by atoms with Gasteiger partial charge in [0, 0.05) is 5.88 Å². The molecule has 1 rings (SSSR count). The Hall–Kier alpha value is -0.620. The van der Waals surface area contributed by atoms with Crippen LogP contribution in [0.5, 0.6) is 0 Å². The average Bonchev–Trinajstić information content (AvgIpc) is 2.30. The maximum Gasteiger partial charge on any atom is 0.264 e. The third-order valence-corrected chi connectivity index (χ3v) is 2.10. The van der Waals surface area contributed by atoms with E-state index in [2.05, 4.69) is 23.2 Å². The molecule has 0 aliphatic rings. The van der Waals surface area contributed by atoms with E-state index in [1.54, 1.807) is 0 Å². The minimum atomic E-state index is -3.16. The fraction of sp³-hybridized carbons (Fsp3) is 0.455. The molecule has 0 aliphatic heterocycles. The number of aliphatic hydroxyl groups is 1. The summed E-state index contributed by atoms with van der Waals surface area (Å²) in [5, 5.41) is 7.74. The third-order valence-electron chi connectivity index (χ3n) is 1.33. The Balaban J connectivity index is 0. The van der Waals surface area contributed by atoms with Crippen molar-refractivity contribution in [3.05, 3.63) is 35.9 Å². The van der Waals surface area contributed by atoms with Gasteiger partial charge in [-0.2, -0.15) is 8.42 Å². The molecular weight excluding hydrogens is 264 g/mol. The molecule has 0 unspecified atom stereocenters. The van der Waals surface area contributed by atoms with Gasteiger partial charge in [-0.3, -0.25) is 4.18 Å². The van der Waals surface area contributed by atoms with Crippen molar-refractivity contribution in [2.75, 3.05) is 25.9 Å². The van der Waals surface area contributed by atoms with E-state index in [1.165, 1.54) is 5.56 Å². The van der Waals surface area contributed by atoms with Crippen LogP contribution in [0, 0.1) is 6.92 Å². The van der Waals surface area contributed by atoms with Crippen LogP contribution in [-0.4, -0.2) is 39.4 Å². The molecule has 0 saturated carbocycles. The Morgan fingerprint density at radius 2 is 1.65 bits per heavy atom. The van der Waals surface area contributed by atoms with Crippen molar-refractivity contribution in [3.63, 3.8) is 0 Å². The van der Waals surface area contributed by atoms with Gasteiger partial charge in [0.1, 0.15) is 0 Å². The molecule has 0 saturated heterocycles. The number of hydrogen-bond acceptors (Lipinski definition) is 4. The average molecular weight is 283 g/mol. The van der Waals surface area contributed by atoms with Crippen LogP contribution >= 0.6 is 11.6 Å². The highest BCUT2D eigenvalue weighted by Gasteiger charge is 1.90. The lowest BCUT2D eigenvalue weighted by Gasteiger charge is -1.84. The Morgan fingerprint density at radius 1 is 1.29 bits per heavy atom. The van der Waals surface area contributed by atoms with E-state index in [1.807, 2.05) is 18.2 Å². The molecular formula is C11H19ClO4S. The summed E-state index contributed by atoms with van der Waals surface area (Å²) in [6, 6.07) is 10.3. The van der Waals surface area contributed by atoms with Gasteiger partial charge in [0.25, 0.3) is 10.1 Å². The summed E-state index contributed by atoms with van der Waals surface area (Å²) < 4.78 is 23.5. The van der Waals surface area contributed by atoms with Crippen LogP contribution in [0.2, 0.25) is 0 Å². The van der Waals surface area contributed by atoms with Gasteiger partial charge in [0.15, 0.2) is 0 Å². The van der Waals surface area contributed by atoms with Gasteiger partial charge in [-0.05, 0) is 6.92 Å². The summed E-state index contributed by atoms with van der Waals surface area (Å²) >= 11 is 4.94. The lowest BCUT2D eigenvalue weighted by atomic mass is 10.2. The van der Waals surface area contributed by atoms with Crippen molar-refractivity contribution in [2.24, 2.45) is 0 Å². The second-order valence-corrected chi connectivity index (χ2v) is 5.06. The summed E-state index contributed by atoms with van der Waals surface area (Å²) in [6.07, 6.45) is 0.993. The Kier molecular flexibility index (Phi) is 13.1. The third kappa shape index (κ3) is 21.3. The van der Waals surface area contributed by atoms with E-state index in [0.717, 1.165) is 13.4 Å². The van der Waals surface area contributed by atoms with Crippen molar-refractivity contribution < 1.29 is 17.7 Å². The lowest BCUT2D eigenvalue weighted by molar-refractivity contribution is 0.321. The Labute approximate surface area is 108 Å². The van der Waals surface area contributed by atoms with Gasteiger partial charge in [0.05, 0.1) is 20.0 Å². The highest BCUT2D eigenvalue weighted by atomic mass is 35.5. The van der Waals surface area contributed by atoms with Crippen LogP contribution in [0.4, 0.5) is 0 Å². The summed E-state index contributed by atoms with van der Waals surface area (Å²) in [6.45, 7) is 2.17. The van der Waals surface area contributed by atoms with Gasteiger partial charge < -0.3 is 5.11 Å². The normalized spacial score (nSPS) is 9.47. The van der Waals surface area contributed by atoms with Crippen molar-refractivity contribution in [2.45, 2.75) is 6.92 Å². The fourth-order valence-corrected chi connectivity index (χ4v) is 0.534. The van der Waals surface area contributed by atoms with Crippen molar-refractivity contribution in [3.8, 4) is 0 Å². The Bertz CT molecular complexity index is 349. The minimum Gasteiger partial charge on any atom is -0.395 e. The van der Waals surface area contributed by atoms with Crippen LogP contribution in [-0.2, 0) is 14.3 Å². The predicted molar refractivity (Wildman–Crippen MR) is 70.8 cm³/mol. The first-order chi connectivity index (χ1) is 7.87. The minimum absolute atomic E-state index is 0.0849. The van der Waals surface area contributed by atoms with Gasteiger partial charge in [0.2, 0.25) is 0 Å². The SMILES string of the molecule is COS(C)(=O)=O.Cc1ccccc1.OCCCl. The van der Waals surface area contributed by atoms with Gasteiger partial charge >= 0.3 is 0 Å². The number of aliphatic hydroxyl groups excluding tert-OH is 1. The highest BCUT2D eigenvalue weighted by Crippen LogP contribution is 1.92. The van der Waals surface area contributed by atoms with E-state index in [-0.39, 0.29) is 6.61 Å². The number of rotatable bonds is 2. The molecule has 0 radical (unpaired) electrons. The number of halogens is 1. The first-order valence-electron chi connectivity index (χ1n) is 4.81. The van der Waals surface area contributed by atoms with Crippen molar-refractivity contribution in [1.29, 1.82) is 0 Å². The summed E-state index contributed by atoms with van der Waals surface area (Å²) in [5.41, 5.74) is 1.32. The molecule has 0 bridgehead atoms. The molecule has 100 valence electrons. The highest BCUT2D eigenvalue weighted by molar-refractivity contribution is 7.85. The molecule has 4 nitrogen and oxygen atoms in total. The maximum absolute atomic E-state index is 9.78. The molecule has 0 aromatic heterocycles. The lowest BCUT2D eigenvalue weighted by Crippen LogP contribution is -1.95. The first kappa shape index (κ1) is 18.7. The quantitative estimate of drug-likeness (QED) is 0.664. The van der Waals surface area contributed by atoms with Crippen LogP contribution in [0.25, 0.3) is 0 Å². The van der Waals surface area contributed by atoms with Crippen LogP contribution < -0.4 is 0 Å². The number of benzene rings is 1. The molecule has 17 heavy (non-hydrogen) atoms. The summed E-state index contributed by atoms with van der Waals surface area (Å²) in [7, 11) is -2.04. The maximum atomic E-state index is 9.78. The van der Waals surface area contributed by atoms with Gasteiger partial charge in [-0.15, -0.1) is 11.6 Å². The molecule has 0 atom stereocenters. The topological polar surface area (TPSA) is 63.6 Å². The summed E-state index contributed by atoms with van der Waals surface area (Å²) in [4.78, 5) is 0. The molecule has 6 heteroatoms. The zero-order chi connectivity index (χ0) is 13.7. The van der Waals surface area contributed by atoms with Crippen LogP contribution in [0.1, 0.15) is 5.56 Å². The molecule has 0 spiro atoms. The van der Waals surface area contributed by atoms with E-state index in [4.69, 9.17) is 16.7 Å². The number of aryl methyl sites for hydroxylation is 1. The monoisotopic (exact) mass is 282 g/mol. The second-order valence-electron chi connectivity index (χ2n) is 2.94. The summed E-state index contributed by atoms with van der Waals surface area (Å²) in [5.74, 6) is 0.347. The zero-order valence-corrected chi connectivity index (χ0v) is 11.8.